The van der Waals surface area contributed by atoms with Gasteiger partial charge in [0, 0.05) is 27.5 Å². The predicted molar refractivity (Wildman–Crippen MR) is 236 cm³/mol. The van der Waals surface area contributed by atoms with Crippen LogP contribution in [0.25, 0.3) is 94.2 Å². The average Bonchev–Trinajstić information content (AvgIpc) is 3.28. The molecule has 0 amide bonds. The summed E-state index contributed by atoms with van der Waals surface area (Å²) in [6.45, 7) is 0. The van der Waals surface area contributed by atoms with Gasteiger partial charge in [0.15, 0.2) is 0 Å². The minimum atomic E-state index is -0.0133. The van der Waals surface area contributed by atoms with Crippen molar-refractivity contribution in [1.82, 2.24) is 9.97 Å². The van der Waals surface area contributed by atoms with Gasteiger partial charge in [-0.05, 0) is 79.7 Å². The van der Waals surface area contributed by atoms with E-state index < -0.39 is 0 Å². The molecule has 0 saturated heterocycles. The molecule has 3 nitrogen and oxygen atoms in total. The van der Waals surface area contributed by atoms with Crippen LogP contribution in [0.1, 0.15) is 17.2 Å². The highest BCUT2D eigenvalue weighted by Gasteiger charge is 2.21. The molecule has 1 unspecified atom stereocenters. The third-order valence-corrected chi connectivity index (χ3v) is 11.2. The summed E-state index contributed by atoms with van der Waals surface area (Å²) in [5.74, 6) is 0. The molecule has 1 aliphatic heterocycles. The van der Waals surface area contributed by atoms with Gasteiger partial charge in [-0.3, -0.25) is 0 Å². The van der Waals surface area contributed by atoms with E-state index in [1.807, 2.05) is 0 Å². The van der Waals surface area contributed by atoms with Gasteiger partial charge in [0.2, 0.25) is 0 Å². The Kier molecular flexibility index (Phi) is 7.56. The summed E-state index contributed by atoms with van der Waals surface area (Å²) in [7, 11) is 0. The Morgan fingerprint density at radius 1 is 0.411 bits per heavy atom. The minimum absolute atomic E-state index is 0.0133. The maximum absolute atomic E-state index is 5.29. The molecule has 56 heavy (non-hydrogen) atoms. The molecule has 3 heteroatoms. The van der Waals surface area contributed by atoms with E-state index in [-0.39, 0.29) is 6.04 Å². The fourth-order valence-corrected chi connectivity index (χ4v) is 8.35. The smallest absolute Gasteiger partial charge is 0.0953 e. The lowest BCUT2D eigenvalue weighted by molar-refractivity contribution is 0.981. The number of nitrogens with zero attached hydrogens (tertiary/aromatic N) is 2. The Hall–Kier alpha value is -7.36. The normalized spacial score (nSPS) is 13.6. The zero-order chi connectivity index (χ0) is 37.0. The van der Waals surface area contributed by atoms with Gasteiger partial charge in [0.25, 0.3) is 0 Å². The molecule has 0 bridgehead atoms. The molecule has 2 aromatic heterocycles. The van der Waals surface area contributed by atoms with Crippen molar-refractivity contribution in [3.05, 3.63) is 205 Å². The number of fused-ring (bicyclic) bond motifs is 6. The van der Waals surface area contributed by atoms with E-state index >= 15 is 0 Å². The van der Waals surface area contributed by atoms with Gasteiger partial charge in [-0.25, -0.2) is 9.97 Å². The highest BCUT2D eigenvalue weighted by molar-refractivity contribution is 6.13. The van der Waals surface area contributed by atoms with Crippen molar-refractivity contribution < 1.29 is 0 Å². The van der Waals surface area contributed by atoms with Crippen LogP contribution in [-0.2, 0) is 0 Å². The number of pyridine rings is 2. The molecule has 0 saturated carbocycles. The predicted octanol–water partition coefficient (Wildman–Crippen LogP) is 13.9. The lowest BCUT2D eigenvalue weighted by Gasteiger charge is -2.25. The Balaban J connectivity index is 0.979. The first kappa shape index (κ1) is 32.1. The highest BCUT2D eigenvalue weighted by Crippen LogP contribution is 2.42. The first-order valence-corrected chi connectivity index (χ1v) is 19.2. The average molecular weight is 714 g/mol. The summed E-state index contributed by atoms with van der Waals surface area (Å²) in [4.78, 5) is 10.5. The highest BCUT2D eigenvalue weighted by atomic mass is 14.9. The van der Waals surface area contributed by atoms with Crippen LogP contribution in [0, 0.1) is 0 Å². The van der Waals surface area contributed by atoms with Crippen LogP contribution < -0.4 is 5.32 Å². The lowest BCUT2D eigenvalue weighted by atomic mass is 9.92. The van der Waals surface area contributed by atoms with E-state index in [1.165, 1.54) is 43.8 Å². The number of anilines is 1. The fraction of sp³-hybridized carbons (Fsp3) is 0.0189. The van der Waals surface area contributed by atoms with E-state index in [0.717, 1.165) is 61.1 Å². The molecule has 1 N–H and O–H groups in total. The summed E-state index contributed by atoms with van der Waals surface area (Å²) in [6, 6.07) is 67.2. The second kappa shape index (κ2) is 13.2. The van der Waals surface area contributed by atoms with Gasteiger partial charge >= 0.3 is 0 Å². The Morgan fingerprint density at radius 3 is 1.80 bits per heavy atom. The largest absolute Gasteiger partial charge is 0.372 e. The van der Waals surface area contributed by atoms with Crippen molar-refractivity contribution in [2.24, 2.45) is 0 Å². The third-order valence-electron chi connectivity index (χ3n) is 11.2. The van der Waals surface area contributed by atoms with Gasteiger partial charge in [-0.15, -0.1) is 0 Å². The van der Waals surface area contributed by atoms with E-state index in [0.29, 0.717) is 0 Å². The molecule has 8 aromatic carbocycles. The number of hydrogen-bond acceptors (Lipinski definition) is 3. The number of hydrogen-bond donors (Lipinski definition) is 1. The molecule has 3 heterocycles. The van der Waals surface area contributed by atoms with Crippen molar-refractivity contribution in [2.75, 3.05) is 5.32 Å². The second-order valence-electron chi connectivity index (χ2n) is 14.6. The Morgan fingerprint density at radius 2 is 1.04 bits per heavy atom. The maximum atomic E-state index is 5.29. The molecule has 262 valence electrons. The van der Waals surface area contributed by atoms with Crippen LogP contribution in [0.5, 0.6) is 0 Å². The van der Waals surface area contributed by atoms with Crippen molar-refractivity contribution in [3.8, 4) is 44.8 Å². The number of para-hydroxylation sites is 1. The number of nitrogens with one attached hydrogen (secondary N) is 1. The van der Waals surface area contributed by atoms with E-state index in [9.17, 15) is 0 Å². The summed E-state index contributed by atoms with van der Waals surface area (Å²) < 4.78 is 0. The SMILES string of the molecule is C1=CC(c2ccc(-c3cc(-c4ccc5ccccc5c4)cc(-c4ccc5ccccc5c4)n3)cc2)Nc2c1ccc1c(-c3ccccc3)c3ccccc3nc21. The molecule has 0 fully saturated rings. The Bertz CT molecular complexity index is 3070. The lowest BCUT2D eigenvalue weighted by Crippen LogP contribution is -2.13. The summed E-state index contributed by atoms with van der Waals surface area (Å²) in [6.07, 6.45) is 4.48. The van der Waals surface area contributed by atoms with Crippen molar-refractivity contribution in [1.29, 1.82) is 0 Å². The second-order valence-corrected chi connectivity index (χ2v) is 14.6. The van der Waals surface area contributed by atoms with Gasteiger partial charge < -0.3 is 5.32 Å². The van der Waals surface area contributed by atoms with Gasteiger partial charge in [-0.2, -0.15) is 0 Å². The first-order valence-electron chi connectivity index (χ1n) is 19.2. The first-order chi connectivity index (χ1) is 27.7. The third kappa shape index (κ3) is 5.61. The number of aromatic nitrogens is 2. The molecule has 11 rings (SSSR count). The monoisotopic (exact) mass is 713 g/mol. The zero-order valence-corrected chi connectivity index (χ0v) is 30.5. The van der Waals surface area contributed by atoms with Crippen molar-refractivity contribution in [3.63, 3.8) is 0 Å². The van der Waals surface area contributed by atoms with Crippen LogP contribution in [-0.4, -0.2) is 9.97 Å². The number of rotatable bonds is 5. The van der Waals surface area contributed by atoms with Crippen molar-refractivity contribution in [2.45, 2.75) is 6.04 Å². The number of benzene rings is 8. The molecule has 1 aliphatic rings. The van der Waals surface area contributed by atoms with Crippen LogP contribution in [0.3, 0.4) is 0 Å². The standard InChI is InChI=1S/C53H35N3/c1-2-12-38(13-3-1)51-45-16-8-9-17-48(45)56-53-46(51)28-26-39-27-29-47(55-52(39)53)36-20-22-37(23-21-36)49-32-44(42-24-18-34-10-4-6-14-40(34)30-42)33-50(54-49)43-25-19-35-11-5-7-15-41(35)31-43/h1-33,47,55H. The van der Waals surface area contributed by atoms with Crippen LogP contribution in [0.15, 0.2) is 194 Å². The molecule has 10 aromatic rings. The van der Waals surface area contributed by atoms with Crippen LogP contribution in [0.2, 0.25) is 0 Å². The molecule has 0 radical (unpaired) electrons. The van der Waals surface area contributed by atoms with E-state index in [1.54, 1.807) is 0 Å². The molecule has 1 atom stereocenters. The minimum Gasteiger partial charge on any atom is -0.372 e. The quantitative estimate of drug-likeness (QED) is 0.180. The summed E-state index contributed by atoms with van der Waals surface area (Å²) >= 11 is 0. The topological polar surface area (TPSA) is 37.8 Å². The van der Waals surface area contributed by atoms with E-state index in [4.69, 9.17) is 9.97 Å². The van der Waals surface area contributed by atoms with Crippen molar-refractivity contribution >= 4 is 55.1 Å². The molecular formula is C53H35N3. The maximum Gasteiger partial charge on any atom is 0.0953 e. The summed E-state index contributed by atoms with van der Waals surface area (Å²) in [5.41, 5.74) is 14.2. The molecule has 0 aliphatic carbocycles. The zero-order valence-electron chi connectivity index (χ0n) is 30.5. The van der Waals surface area contributed by atoms with Crippen LogP contribution in [0.4, 0.5) is 5.69 Å². The fourth-order valence-electron chi connectivity index (χ4n) is 8.35. The van der Waals surface area contributed by atoms with Gasteiger partial charge in [-0.1, -0.05) is 170 Å². The summed E-state index contributed by atoms with van der Waals surface area (Å²) in [5, 5.41) is 11.1. The van der Waals surface area contributed by atoms with Gasteiger partial charge in [0.05, 0.1) is 34.2 Å². The molecule has 0 spiro atoms. The van der Waals surface area contributed by atoms with Gasteiger partial charge in [0.1, 0.15) is 0 Å². The Labute approximate surface area is 325 Å². The molecular weight excluding hydrogens is 679 g/mol. The van der Waals surface area contributed by atoms with E-state index in [2.05, 4.69) is 206 Å². The van der Waals surface area contributed by atoms with Crippen LogP contribution >= 0.6 is 0 Å².